The largest absolute Gasteiger partial charge is 0.461 e. The van der Waals surface area contributed by atoms with Gasteiger partial charge in [-0.1, -0.05) is 89.3 Å². The van der Waals surface area contributed by atoms with Crippen molar-refractivity contribution in [3.63, 3.8) is 0 Å². The summed E-state index contributed by atoms with van der Waals surface area (Å²) in [6.07, 6.45) is 21.4. The molecule has 0 aromatic heterocycles. The number of rotatable bonds is 9. The SMILES string of the molecule is C=C(C)[C@@H]1CC[C@]2(NCCN3C[C@@H]4C[C@H]3CS4)CC[C@]3(C)[C@H](CC[C@@H]4[C@@]5(C)CC=C(C6=CC[C@H](C(=O)OCc7ccccc7)CC6)C(C)(C)[C@@H]5CC[C@]43C)[C@@H]12. The Balaban J connectivity index is 0.914. The average Bonchev–Trinajstić information content (AvgIpc) is 3.90. The molecule has 2 bridgehead atoms. The second-order valence-electron chi connectivity index (χ2n) is 21.4. The van der Waals surface area contributed by atoms with Gasteiger partial charge in [-0.3, -0.25) is 9.69 Å². The van der Waals surface area contributed by atoms with Crippen LogP contribution in [0.15, 0.2) is 65.8 Å². The Morgan fingerprint density at radius 2 is 1.76 bits per heavy atom. The van der Waals surface area contributed by atoms with E-state index in [0.29, 0.717) is 40.2 Å². The van der Waals surface area contributed by atoms with Gasteiger partial charge in [0.2, 0.25) is 0 Å². The van der Waals surface area contributed by atoms with Crippen molar-refractivity contribution >= 4 is 17.7 Å². The number of hydrogen-bond acceptors (Lipinski definition) is 5. The van der Waals surface area contributed by atoms with Gasteiger partial charge >= 0.3 is 5.97 Å². The minimum atomic E-state index is -0.0323. The van der Waals surface area contributed by atoms with E-state index in [0.717, 1.165) is 60.4 Å². The lowest BCUT2D eigenvalue weighted by Gasteiger charge is -2.72. The molecule has 5 heteroatoms. The van der Waals surface area contributed by atoms with Crippen LogP contribution in [0.1, 0.15) is 131 Å². The normalized spacial score (nSPS) is 44.4. The summed E-state index contributed by atoms with van der Waals surface area (Å²) in [6.45, 7) is 24.6. The molecule has 6 aliphatic carbocycles. The Hall–Kier alpha value is -1.82. The quantitative estimate of drug-likeness (QED) is 0.200. The molecule has 1 N–H and O–H groups in total. The van der Waals surface area contributed by atoms with Gasteiger partial charge in [-0.25, -0.2) is 0 Å². The van der Waals surface area contributed by atoms with Crippen LogP contribution in [0, 0.1) is 57.2 Å². The smallest absolute Gasteiger partial charge is 0.309 e. The minimum absolute atomic E-state index is 0.0236. The monoisotopic (exact) mass is 765 g/mol. The number of thioether (sulfide) groups is 1. The number of carbonyl (C=O) groups is 1. The van der Waals surface area contributed by atoms with Gasteiger partial charge in [-0.15, -0.1) is 0 Å². The molecule has 300 valence electrons. The molecule has 55 heavy (non-hydrogen) atoms. The summed E-state index contributed by atoms with van der Waals surface area (Å²) in [5, 5.41) is 5.29. The molecule has 8 aliphatic rings. The first-order valence-electron chi connectivity index (χ1n) is 22.7. The lowest BCUT2D eigenvalue weighted by atomic mass is 9.33. The van der Waals surface area contributed by atoms with Crippen LogP contribution in [-0.2, 0) is 16.1 Å². The van der Waals surface area contributed by atoms with Gasteiger partial charge in [0.1, 0.15) is 6.61 Å². The van der Waals surface area contributed by atoms with Gasteiger partial charge in [0.05, 0.1) is 5.92 Å². The fourth-order valence-electron chi connectivity index (χ4n) is 15.9. The van der Waals surface area contributed by atoms with E-state index in [1.807, 2.05) is 30.3 Å². The highest BCUT2D eigenvalue weighted by Crippen LogP contribution is 2.76. The van der Waals surface area contributed by atoms with Crippen molar-refractivity contribution in [2.75, 3.05) is 25.4 Å². The maximum Gasteiger partial charge on any atom is 0.309 e. The van der Waals surface area contributed by atoms with Crippen molar-refractivity contribution in [2.45, 2.75) is 148 Å². The highest BCUT2D eigenvalue weighted by molar-refractivity contribution is 8.00. The average molecular weight is 765 g/mol. The van der Waals surface area contributed by atoms with Crippen LogP contribution in [0.2, 0.25) is 0 Å². The lowest BCUT2D eigenvalue weighted by Crippen LogP contribution is -2.68. The first-order chi connectivity index (χ1) is 26.3. The van der Waals surface area contributed by atoms with Crippen molar-refractivity contribution in [3.05, 3.63) is 71.3 Å². The fourth-order valence-corrected chi connectivity index (χ4v) is 17.4. The van der Waals surface area contributed by atoms with E-state index in [-0.39, 0.29) is 17.3 Å². The van der Waals surface area contributed by atoms with E-state index >= 15 is 0 Å². The number of fused-ring (bicyclic) bond motifs is 9. The van der Waals surface area contributed by atoms with Crippen LogP contribution < -0.4 is 5.32 Å². The molecule has 2 aliphatic heterocycles. The zero-order valence-corrected chi connectivity index (χ0v) is 36.1. The number of allylic oxidation sites excluding steroid dienone is 5. The number of benzene rings is 1. The molecule has 0 amide bonds. The molecule has 9 rings (SSSR count). The Kier molecular flexibility index (Phi) is 9.97. The van der Waals surface area contributed by atoms with Crippen LogP contribution in [0.3, 0.4) is 0 Å². The summed E-state index contributed by atoms with van der Waals surface area (Å²) < 4.78 is 5.78. The number of esters is 1. The van der Waals surface area contributed by atoms with E-state index in [4.69, 9.17) is 4.74 Å². The Bertz CT molecular complexity index is 1720. The predicted octanol–water partition coefficient (Wildman–Crippen LogP) is 11.2. The van der Waals surface area contributed by atoms with Gasteiger partial charge < -0.3 is 10.1 Å². The summed E-state index contributed by atoms with van der Waals surface area (Å²) in [4.78, 5) is 15.9. The third-order valence-corrected chi connectivity index (χ3v) is 20.2. The molecule has 4 saturated carbocycles. The van der Waals surface area contributed by atoms with E-state index in [1.54, 1.807) is 5.57 Å². The maximum absolute atomic E-state index is 13.1. The van der Waals surface area contributed by atoms with Crippen LogP contribution >= 0.6 is 11.8 Å². The van der Waals surface area contributed by atoms with Gasteiger partial charge in [0, 0.05) is 42.2 Å². The van der Waals surface area contributed by atoms with E-state index in [2.05, 4.69) is 82.3 Å². The van der Waals surface area contributed by atoms with Crippen molar-refractivity contribution in [2.24, 2.45) is 57.2 Å². The van der Waals surface area contributed by atoms with Gasteiger partial charge in [-0.2, -0.15) is 11.8 Å². The number of ether oxygens (including phenoxy) is 1. The summed E-state index contributed by atoms with van der Waals surface area (Å²) in [7, 11) is 0. The molecular formula is C50H72N2O2S. The van der Waals surface area contributed by atoms with Gasteiger partial charge in [-0.05, 0) is 158 Å². The van der Waals surface area contributed by atoms with Crippen LogP contribution in [0.25, 0.3) is 0 Å². The van der Waals surface area contributed by atoms with E-state index in [1.165, 1.54) is 94.2 Å². The minimum Gasteiger partial charge on any atom is -0.461 e. The third kappa shape index (κ3) is 6.15. The molecule has 2 heterocycles. The van der Waals surface area contributed by atoms with Crippen molar-refractivity contribution in [1.82, 2.24) is 10.2 Å². The third-order valence-electron chi connectivity index (χ3n) is 18.8. The van der Waals surface area contributed by atoms with Crippen LogP contribution in [0.4, 0.5) is 0 Å². The first-order valence-corrected chi connectivity index (χ1v) is 23.7. The van der Waals surface area contributed by atoms with Gasteiger partial charge in [0.25, 0.3) is 0 Å². The molecule has 6 fully saturated rings. The molecule has 12 atom stereocenters. The molecule has 1 aromatic carbocycles. The number of nitrogens with one attached hydrogen (secondary N) is 1. The van der Waals surface area contributed by atoms with E-state index in [9.17, 15) is 4.79 Å². The zero-order chi connectivity index (χ0) is 38.4. The summed E-state index contributed by atoms with van der Waals surface area (Å²) >= 11 is 2.22. The lowest BCUT2D eigenvalue weighted by molar-refractivity contribution is -0.221. The predicted molar refractivity (Wildman–Crippen MR) is 229 cm³/mol. The number of hydrogen-bond donors (Lipinski definition) is 1. The summed E-state index contributed by atoms with van der Waals surface area (Å²) in [5.41, 5.74) is 7.10. The van der Waals surface area contributed by atoms with Crippen molar-refractivity contribution < 1.29 is 9.53 Å². The molecule has 1 aromatic rings. The Morgan fingerprint density at radius 1 is 0.945 bits per heavy atom. The molecule has 0 unspecified atom stereocenters. The fraction of sp³-hybridized carbons (Fsp3) is 0.740. The Morgan fingerprint density at radius 3 is 2.47 bits per heavy atom. The van der Waals surface area contributed by atoms with Crippen molar-refractivity contribution in [3.8, 4) is 0 Å². The van der Waals surface area contributed by atoms with E-state index < -0.39 is 0 Å². The first kappa shape index (κ1) is 38.7. The molecule has 0 spiro atoms. The topological polar surface area (TPSA) is 41.6 Å². The standard InChI is InChI=1S/C50H72N2O2S/c1-33(2)39-19-24-50(51-27-28-52-30-38-29-37(52)32-55-38)26-25-48(6)41(44(39)50)17-18-43-47(5)22-20-40(46(3,4)42(47)21-23-49(43,48)7)35-13-15-36(16-14-35)45(53)54-31-34-11-9-8-10-12-34/h8-13,20,36-39,41-44,51H,1,14-19,21-32H2,2-7H3/t36-,37-,38-,39-,41+,42-,43+,44+,47-,48+,49+,50-/m0/s1. The summed E-state index contributed by atoms with van der Waals surface area (Å²) in [6, 6.07) is 10.9. The Labute approximate surface area is 338 Å². The highest BCUT2D eigenvalue weighted by atomic mass is 32.2. The maximum atomic E-state index is 13.1. The molecule has 0 radical (unpaired) electrons. The second kappa shape index (κ2) is 14.2. The zero-order valence-electron chi connectivity index (χ0n) is 35.3. The number of nitrogens with zero attached hydrogens (tertiary/aromatic N) is 1. The highest BCUT2D eigenvalue weighted by Gasteiger charge is 2.70. The number of carbonyl (C=O) groups excluding carboxylic acids is 1. The number of likely N-dealkylation sites (tertiary alicyclic amines) is 1. The van der Waals surface area contributed by atoms with Gasteiger partial charge in [0.15, 0.2) is 0 Å². The molecular weight excluding hydrogens is 693 g/mol. The van der Waals surface area contributed by atoms with Crippen LogP contribution in [-0.4, -0.2) is 53.1 Å². The second-order valence-corrected chi connectivity index (χ2v) is 22.8. The van der Waals surface area contributed by atoms with Crippen molar-refractivity contribution in [1.29, 1.82) is 0 Å². The van der Waals surface area contributed by atoms with Crippen LogP contribution in [0.5, 0.6) is 0 Å². The molecule has 4 nitrogen and oxygen atoms in total. The molecule has 2 saturated heterocycles. The summed E-state index contributed by atoms with van der Waals surface area (Å²) in [5.74, 6) is 4.92.